The fraction of sp³-hybridized carbons (Fsp3) is 0.267. The number of carbonyl (C=O) groups excluding carboxylic acids is 2. The highest BCUT2D eigenvalue weighted by molar-refractivity contribution is 5.97. The molecule has 0 fully saturated rings. The molecule has 1 aliphatic rings. The van der Waals surface area contributed by atoms with Gasteiger partial charge in [-0.2, -0.15) is 0 Å². The van der Waals surface area contributed by atoms with Crippen LogP contribution in [0.2, 0.25) is 0 Å². The first-order valence-corrected chi connectivity index (χ1v) is 6.65. The standard InChI is InChI=1S/C15H14N2O4/c1-20-13-7-9(5-6-11(13)16-8-18)14-10-3-2-4-12(19)15(10)21-17-14/h5-8H,2-4H2,1H3,(H,16,18). The van der Waals surface area contributed by atoms with E-state index in [2.05, 4.69) is 10.5 Å². The van der Waals surface area contributed by atoms with Gasteiger partial charge in [0.15, 0.2) is 0 Å². The van der Waals surface area contributed by atoms with E-state index in [0.29, 0.717) is 35.7 Å². The number of amides is 1. The van der Waals surface area contributed by atoms with Crippen LogP contribution >= 0.6 is 0 Å². The molecule has 0 bridgehead atoms. The van der Waals surface area contributed by atoms with Crippen LogP contribution in [0.1, 0.15) is 29.0 Å². The van der Waals surface area contributed by atoms with Crippen molar-refractivity contribution < 1.29 is 18.8 Å². The van der Waals surface area contributed by atoms with Crippen LogP contribution in [-0.2, 0) is 11.2 Å². The van der Waals surface area contributed by atoms with Crippen molar-refractivity contribution in [2.75, 3.05) is 12.4 Å². The third-order valence-corrected chi connectivity index (χ3v) is 3.56. The van der Waals surface area contributed by atoms with E-state index in [1.54, 1.807) is 12.1 Å². The van der Waals surface area contributed by atoms with Gasteiger partial charge in [-0.05, 0) is 25.0 Å². The molecule has 0 spiro atoms. The van der Waals surface area contributed by atoms with Gasteiger partial charge in [0.1, 0.15) is 11.4 Å². The predicted octanol–water partition coefficient (Wildman–Crippen LogP) is 2.44. The van der Waals surface area contributed by atoms with E-state index >= 15 is 0 Å². The van der Waals surface area contributed by atoms with Crippen molar-refractivity contribution in [3.8, 4) is 17.0 Å². The molecule has 0 saturated carbocycles. The largest absolute Gasteiger partial charge is 0.495 e. The highest BCUT2D eigenvalue weighted by atomic mass is 16.5. The van der Waals surface area contributed by atoms with E-state index in [1.165, 1.54) is 7.11 Å². The molecule has 1 aliphatic carbocycles. The van der Waals surface area contributed by atoms with Crippen molar-refractivity contribution >= 4 is 17.9 Å². The molecule has 3 rings (SSSR count). The number of hydrogen-bond acceptors (Lipinski definition) is 5. The second kappa shape index (κ2) is 5.40. The van der Waals surface area contributed by atoms with E-state index in [4.69, 9.17) is 9.26 Å². The molecule has 1 aromatic heterocycles. The quantitative estimate of drug-likeness (QED) is 0.873. The van der Waals surface area contributed by atoms with Crippen molar-refractivity contribution in [3.05, 3.63) is 29.5 Å². The number of fused-ring (bicyclic) bond motifs is 1. The molecule has 0 atom stereocenters. The molecule has 0 radical (unpaired) electrons. The Morgan fingerprint density at radius 1 is 1.38 bits per heavy atom. The highest BCUT2D eigenvalue weighted by Gasteiger charge is 2.26. The minimum Gasteiger partial charge on any atom is -0.495 e. The summed E-state index contributed by atoms with van der Waals surface area (Å²) in [6.45, 7) is 0. The van der Waals surface area contributed by atoms with Crippen LogP contribution in [0.3, 0.4) is 0 Å². The number of rotatable bonds is 4. The molecular formula is C15H14N2O4. The van der Waals surface area contributed by atoms with Crippen LogP contribution in [0.25, 0.3) is 11.3 Å². The van der Waals surface area contributed by atoms with Crippen molar-refractivity contribution in [1.82, 2.24) is 5.16 Å². The van der Waals surface area contributed by atoms with Crippen LogP contribution in [0.4, 0.5) is 5.69 Å². The number of anilines is 1. The number of hydrogen-bond donors (Lipinski definition) is 1. The summed E-state index contributed by atoms with van der Waals surface area (Å²) in [6, 6.07) is 5.31. The number of Topliss-reactive ketones (excluding diaryl/α,β-unsaturated/α-hetero) is 1. The molecule has 1 amide bonds. The zero-order valence-corrected chi connectivity index (χ0v) is 11.5. The summed E-state index contributed by atoms with van der Waals surface area (Å²) in [4.78, 5) is 22.3. The van der Waals surface area contributed by atoms with Gasteiger partial charge in [-0.15, -0.1) is 0 Å². The molecular weight excluding hydrogens is 272 g/mol. The average Bonchev–Trinajstić information content (AvgIpc) is 2.93. The maximum absolute atomic E-state index is 11.8. The van der Waals surface area contributed by atoms with Gasteiger partial charge >= 0.3 is 0 Å². The summed E-state index contributed by atoms with van der Waals surface area (Å²) < 4.78 is 10.4. The normalized spacial score (nSPS) is 13.7. The number of benzene rings is 1. The predicted molar refractivity (Wildman–Crippen MR) is 75.4 cm³/mol. The smallest absolute Gasteiger partial charge is 0.211 e. The molecule has 1 N–H and O–H groups in total. The first-order chi connectivity index (χ1) is 10.2. The van der Waals surface area contributed by atoms with E-state index in [-0.39, 0.29) is 5.78 Å². The Kier molecular flexibility index (Phi) is 3.43. The average molecular weight is 286 g/mol. The minimum absolute atomic E-state index is 0.00112. The van der Waals surface area contributed by atoms with Gasteiger partial charge in [0.05, 0.1) is 12.8 Å². The van der Waals surface area contributed by atoms with Crippen molar-refractivity contribution in [2.24, 2.45) is 0 Å². The van der Waals surface area contributed by atoms with Gasteiger partial charge in [0.2, 0.25) is 18.0 Å². The van der Waals surface area contributed by atoms with Crippen molar-refractivity contribution in [2.45, 2.75) is 19.3 Å². The zero-order chi connectivity index (χ0) is 14.8. The molecule has 1 heterocycles. The topological polar surface area (TPSA) is 81.4 Å². The Morgan fingerprint density at radius 3 is 3.00 bits per heavy atom. The van der Waals surface area contributed by atoms with Gasteiger partial charge in [-0.25, -0.2) is 0 Å². The van der Waals surface area contributed by atoms with Crippen molar-refractivity contribution in [1.29, 1.82) is 0 Å². The maximum Gasteiger partial charge on any atom is 0.211 e. The molecule has 0 unspecified atom stereocenters. The molecule has 2 aromatic rings. The summed E-state index contributed by atoms with van der Waals surface area (Å²) in [7, 11) is 1.52. The number of methoxy groups -OCH3 is 1. The summed E-state index contributed by atoms with van der Waals surface area (Å²) in [5, 5.41) is 6.59. The molecule has 21 heavy (non-hydrogen) atoms. The van der Waals surface area contributed by atoms with Gasteiger partial charge in [0.25, 0.3) is 0 Å². The van der Waals surface area contributed by atoms with Gasteiger partial charge in [-0.3, -0.25) is 9.59 Å². The summed E-state index contributed by atoms with van der Waals surface area (Å²) in [5.74, 6) is 0.894. The Balaban J connectivity index is 2.05. The summed E-state index contributed by atoms with van der Waals surface area (Å²) in [5.41, 5.74) is 2.88. The lowest BCUT2D eigenvalue weighted by Gasteiger charge is -2.11. The minimum atomic E-state index is 0.00112. The van der Waals surface area contributed by atoms with Crippen LogP contribution in [0.5, 0.6) is 5.75 Å². The van der Waals surface area contributed by atoms with E-state index < -0.39 is 0 Å². The Morgan fingerprint density at radius 2 is 2.24 bits per heavy atom. The monoisotopic (exact) mass is 286 g/mol. The molecule has 0 aliphatic heterocycles. The maximum atomic E-state index is 11.8. The summed E-state index contributed by atoms with van der Waals surface area (Å²) in [6.07, 6.45) is 2.68. The lowest BCUT2D eigenvalue weighted by Crippen LogP contribution is -2.08. The second-order valence-corrected chi connectivity index (χ2v) is 4.79. The lowest BCUT2D eigenvalue weighted by atomic mass is 9.93. The Bertz CT molecular complexity index is 706. The number of ketones is 1. The molecule has 6 nitrogen and oxygen atoms in total. The third kappa shape index (κ3) is 2.29. The number of nitrogens with one attached hydrogen (secondary N) is 1. The van der Waals surface area contributed by atoms with Crippen LogP contribution in [-0.4, -0.2) is 24.5 Å². The van der Waals surface area contributed by atoms with Crippen LogP contribution in [0, 0.1) is 0 Å². The van der Waals surface area contributed by atoms with E-state index in [0.717, 1.165) is 24.0 Å². The molecule has 1 aromatic carbocycles. The Labute approximate surface area is 121 Å². The lowest BCUT2D eigenvalue weighted by molar-refractivity contribution is -0.105. The highest BCUT2D eigenvalue weighted by Crippen LogP contribution is 2.35. The molecule has 6 heteroatoms. The first kappa shape index (κ1) is 13.4. The van der Waals surface area contributed by atoms with E-state index in [9.17, 15) is 9.59 Å². The van der Waals surface area contributed by atoms with Crippen LogP contribution in [0.15, 0.2) is 22.7 Å². The van der Waals surface area contributed by atoms with Gasteiger partial charge in [0, 0.05) is 17.5 Å². The SMILES string of the molecule is COc1cc(-c2noc3c2CCCC3=O)ccc1NC=O. The molecule has 0 saturated heterocycles. The van der Waals surface area contributed by atoms with Crippen LogP contribution < -0.4 is 10.1 Å². The molecule has 108 valence electrons. The van der Waals surface area contributed by atoms with Gasteiger partial charge in [-0.1, -0.05) is 11.2 Å². The number of nitrogens with zero attached hydrogens (tertiary/aromatic N) is 1. The zero-order valence-electron chi connectivity index (χ0n) is 11.5. The summed E-state index contributed by atoms with van der Waals surface area (Å²) >= 11 is 0. The number of aromatic nitrogens is 1. The second-order valence-electron chi connectivity index (χ2n) is 4.79. The number of carbonyl (C=O) groups is 2. The fourth-order valence-electron chi connectivity index (χ4n) is 2.55. The first-order valence-electron chi connectivity index (χ1n) is 6.65. The number of ether oxygens (including phenoxy) is 1. The van der Waals surface area contributed by atoms with Crippen molar-refractivity contribution in [3.63, 3.8) is 0 Å². The van der Waals surface area contributed by atoms with E-state index in [1.807, 2.05) is 6.07 Å². The Hall–Kier alpha value is -2.63. The van der Waals surface area contributed by atoms with Gasteiger partial charge < -0.3 is 14.6 Å². The fourth-order valence-corrected chi connectivity index (χ4v) is 2.55. The third-order valence-electron chi connectivity index (χ3n) is 3.56.